The molecule has 0 aliphatic heterocycles. The van der Waals surface area contributed by atoms with E-state index in [9.17, 15) is 0 Å². The number of unbranched alkanes of at least 4 members (excludes halogenated alkanes) is 4. The number of nitrogens with zero attached hydrogens (tertiary/aromatic N) is 2. The Bertz CT molecular complexity index is 752. The molecule has 2 aromatic heterocycles. The van der Waals surface area contributed by atoms with Gasteiger partial charge in [-0.15, -0.1) is 6.58 Å². The van der Waals surface area contributed by atoms with E-state index in [1.807, 2.05) is 30.3 Å². The van der Waals surface area contributed by atoms with Crippen molar-refractivity contribution in [1.29, 1.82) is 0 Å². The molecule has 0 aliphatic carbocycles. The van der Waals surface area contributed by atoms with Crippen LogP contribution in [0.25, 0.3) is 11.4 Å². The molecule has 0 amide bonds. The molecular weight excluding hydrogens is 348 g/mol. The Hall–Kier alpha value is -2.62. The fourth-order valence-electron chi connectivity index (χ4n) is 2.69. The van der Waals surface area contributed by atoms with Crippen LogP contribution in [-0.4, -0.2) is 23.2 Å². The van der Waals surface area contributed by atoms with E-state index in [-0.39, 0.29) is 0 Å². The summed E-state index contributed by atoms with van der Waals surface area (Å²) in [6.45, 7) is 9.40. The predicted octanol–water partition coefficient (Wildman–Crippen LogP) is 6.39. The lowest BCUT2D eigenvalue weighted by Gasteiger charge is -2.09. The minimum Gasteiger partial charge on any atom is -0.493 e. The number of allylic oxidation sites excluding steroid dienone is 3. The van der Waals surface area contributed by atoms with Gasteiger partial charge in [-0.05, 0) is 64.5 Å². The Labute approximate surface area is 169 Å². The van der Waals surface area contributed by atoms with E-state index in [4.69, 9.17) is 9.47 Å². The minimum atomic E-state index is 0.695. The zero-order valence-corrected chi connectivity index (χ0v) is 17.2. The van der Waals surface area contributed by atoms with Crippen LogP contribution < -0.4 is 9.47 Å². The summed E-state index contributed by atoms with van der Waals surface area (Å²) in [6.07, 6.45) is 14.1. The first-order valence-corrected chi connectivity index (χ1v) is 10.1. The van der Waals surface area contributed by atoms with Crippen molar-refractivity contribution in [3.05, 3.63) is 61.0 Å². The Kier molecular flexibility index (Phi) is 9.84. The molecule has 0 radical (unpaired) electrons. The molecule has 0 N–H and O–H groups in total. The lowest BCUT2D eigenvalue weighted by molar-refractivity contribution is 0.306. The van der Waals surface area contributed by atoms with Crippen molar-refractivity contribution >= 4 is 0 Å². The second kappa shape index (κ2) is 12.7. The van der Waals surface area contributed by atoms with Gasteiger partial charge in [0.25, 0.3) is 0 Å². The van der Waals surface area contributed by atoms with Gasteiger partial charge in [-0.2, -0.15) is 0 Å². The maximum absolute atomic E-state index is 5.88. The molecule has 0 fully saturated rings. The second-order valence-corrected chi connectivity index (χ2v) is 7.01. The number of aromatic nitrogens is 2. The Morgan fingerprint density at radius 1 is 0.857 bits per heavy atom. The Morgan fingerprint density at radius 3 is 1.89 bits per heavy atom. The molecule has 150 valence electrons. The summed E-state index contributed by atoms with van der Waals surface area (Å²) < 4.78 is 11.7. The first kappa shape index (κ1) is 21.7. The topological polar surface area (TPSA) is 44.2 Å². The molecule has 0 bridgehead atoms. The molecule has 4 nitrogen and oxygen atoms in total. The molecular formula is C24H32N2O2. The molecule has 0 unspecified atom stereocenters. The molecule has 0 saturated heterocycles. The summed E-state index contributed by atoms with van der Waals surface area (Å²) in [4.78, 5) is 8.86. The first-order valence-electron chi connectivity index (χ1n) is 10.1. The van der Waals surface area contributed by atoms with Crippen LogP contribution in [-0.2, 0) is 0 Å². The average molecular weight is 381 g/mol. The molecule has 2 heterocycles. The standard InChI is InChI=1S/C24H32N2O2/c1-4-5-6-9-16-27-21-12-14-25-23(18-21)24-19-22(13-15-26-24)28-17-10-7-8-11-20(2)3/h4,11-15,18-19H,1,5-10,16-17H2,2-3H3. The molecule has 0 atom stereocenters. The van der Waals surface area contributed by atoms with Gasteiger partial charge in [-0.1, -0.05) is 17.7 Å². The fourth-order valence-corrected chi connectivity index (χ4v) is 2.69. The van der Waals surface area contributed by atoms with Crippen molar-refractivity contribution < 1.29 is 9.47 Å². The van der Waals surface area contributed by atoms with Crippen molar-refractivity contribution in [2.45, 2.75) is 52.4 Å². The highest BCUT2D eigenvalue weighted by molar-refractivity contribution is 5.57. The quantitative estimate of drug-likeness (QED) is 0.298. The molecule has 4 heteroatoms. The normalized spacial score (nSPS) is 10.4. The Morgan fingerprint density at radius 2 is 1.39 bits per heavy atom. The Balaban J connectivity index is 1.86. The van der Waals surface area contributed by atoms with Crippen molar-refractivity contribution in [3.8, 4) is 22.9 Å². The average Bonchev–Trinajstić information content (AvgIpc) is 2.71. The van der Waals surface area contributed by atoms with Crippen LogP contribution in [0.2, 0.25) is 0 Å². The van der Waals surface area contributed by atoms with Crippen LogP contribution in [0.5, 0.6) is 11.5 Å². The second-order valence-electron chi connectivity index (χ2n) is 7.01. The smallest absolute Gasteiger partial charge is 0.123 e. The highest BCUT2D eigenvalue weighted by atomic mass is 16.5. The summed E-state index contributed by atoms with van der Waals surface area (Å²) in [7, 11) is 0. The summed E-state index contributed by atoms with van der Waals surface area (Å²) in [6, 6.07) is 7.63. The number of pyridine rings is 2. The molecule has 0 saturated carbocycles. The van der Waals surface area contributed by atoms with E-state index >= 15 is 0 Å². The van der Waals surface area contributed by atoms with Crippen LogP contribution >= 0.6 is 0 Å². The number of ether oxygens (including phenoxy) is 2. The molecule has 2 aromatic rings. The fraction of sp³-hybridized carbons (Fsp3) is 0.417. The van der Waals surface area contributed by atoms with Crippen molar-refractivity contribution in [2.24, 2.45) is 0 Å². The van der Waals surface area contributed by atoms with Gasteiger partial charge in [-0.3, -0.25) is 9.97 Å². The van der Waals surface area contributed by atoms with Gasteiger partial charge in [0.15, 0.2) is 0 Å². The SMILES string of the molecule is C=CCCCCOc1ccnc(-c2cc(OCCCCC=C(C)C)ccn2)c1. The van der Waals surface area contributed by atoms with Crippen LogP contribution in [0, 0.1) is 0 Å². The van der Waals surface area contributed by atoms with Crippen LogP contribution in [0.15, 0.2) is 61.0 Å². The number of rotatable bonds is 13. The van der Waals surface area contributed by atoms with Crippen LogP contribution in [0.3, 0.4) is 0 Å². The van der Waals surface area contributed by atoms with Crippen molar-refractivity contribution in [3.63, 3.8) is 0 Å². The van der Waals surface area contributed by atoms with E-state index in [0.29, 0.717) is 13.2 Å². The minimum absolute atomic E-state index is 0.695. The van der Waals surface area contributed by atoms with E-state index in [0.717, 1.165) is 61.4 Å². The van der Waals surface area contributed by atoms with Gasteiger partial charge >= 0.3 is 0 Å². The molecule has 0 aromatic carbocycles. The maximum atomic E-state index is 5.88. The van der Waals surface area contributed by atoms with Gasteiger partial charge in [0.1, 0.15) is 11.5 Å². The number of hydrogen-bond acceptors (Lipinski definition) is 4. The van der Waals surface area contributed by atoms with Crippen molar-refractivity contribution in [2.75, 3.05) is 13.2 Å². The summed E-state index contributed by atoms with van der Waals surface area (Å²) in [5.41, 5.74) is 2.95. The predicted molar refractivity (Wildman–Crippen MR) is 116 cm³/mol. The lowest BCUT2D eigenvalue weighted by Crippen LogP contribution is -1.99. The van der Waals surface area contributed by atoms with E-state index in [1.54, 1.807) is 12.4 Å². The lowest BCUT2D eigenvalue weighted by atomic mass is 10.2. The van der Waals surface area contributed by atoms with Gasteiger partial charge in [0, 0.05) is 24.5 Å². The van der Waals surface area contributed by atoms with Gasteiger partial charge in [0.2, 0.25) is 0 Å². The van der Waals surface area contributed by atoms with Crippen molar-refractivity contribution in [1.82, 2.24) is 9.97 Å². The largest absolute Gasteiger partial charge is 0.493 e. The molecule has 28 heavy (non-hydrogen) atoms. The zero-order chi connectivity index (χ0) is 20.0. The highest BCUT2D eigenvalue weighted by Crippen LogP contribution is 2.23. The summed E-state index contributed by atoms with van der Waals surface area (Å²) >= 11 is 0. The third-order valence-corrected chi connectivity index (χ3v) is 4.22. The maximum Gasteiger partial charge on any atom is 0.123 e. The third-order valence-electron chi connectivity index (χ3n) is 4.22. The van der Waals surface area contributed by atoms with Gasteiger partial charge in [0.05, 0.1) is 24.6 Å². The van der Waals surface area contributed by atoms with E-state index in [1.165, 1.54) is 5.57 Å². The van der Waals surface area contributed by atoms with Crippen LogP contribution in [0.4, 0.5) is 0 Å². The molecule has 0 spiro atoms. The monoisotopic (exact) mass is 380 g/mol. The summed E-state index contributed by atoms with van der Waals surface area (Å²) in [5, 5.41) is 0. The number of hydrogen-bond donors (Lipinski definition) is 0. The molecule has 0 aliphatic rings. The van der Waals surface area contributed by atoms with E-state index in [2.05, 4.69) is 36.5 Å². The van der Waals surface area contributed by atoms with E-state index < -0.39 is 0 Å². The van der Waals surface area contributed by atoms with Gasteiger partial charge in [-0.25, -0.2) is 0 Å². The highest BCUT2D eigenvalue weighted by Gasteiger charge is 2.05. The zero-order valence-electron chi connectivity index (χ0n) is 17.2. The van der Waals surface area contributed by atoms with Gasteiger partial charge < -0.3 is 9.47 Å². The molecule has 2 rings (SSSR count). The third kappa shape index (κ3) is 8.38. The van der Waals surface area contributed by atoms with Crippen LogP contribution in [0.1, 0.15) is 52.4 Å². The summed E-state index contributed by atoms with van der Waals surface area (Å²) in [5.74, 6) is 1.64. The first-order chi connectivity index (χ1) is 13.7.